The molecule has 0 aliphatic rings. The van der Waals surface area contributed by atoms with Crippen LogP contribution in [0.2, 0.25) is 0 Å². The monoisotopic (exact) mass is 270 g/mol. The molecule has 0 saturated heterocycles. The maximum absolute atomic E-state index is 10.9. The molecule has 4 nitrogen and oxygen atoms in total. The molecule has 0 spiro atoms. The van der Waals surface area contributed by atoms with Gasteiger partial charge in [0.2, 0.25) is 0 Å². The van der Waals surface area contributed by atoms with Gasteiger partial charge in [-0.1, -0.05) is 6.07 Å². The van der Waals surface area contributed by atoms with Gasteiger partial charge in [-0.3, -0.25) is 0 Å². The smallest absolute Gasteiger partial charge is 0.335 e. The minimum Gasteiger partial charge on any atom is -0.478 e. The van der Waals surface area contributed by atoms with Crippen LogP contribution in [0.15, 0.2) is 47.5 Å². The molecule has 0 aliphatic heterocycles. The highest BCUT2D eigenvalue weighted by molar-refractivity contribution is 7.98. The van der Waals surface area contributed by atoms with E-state index < -0.39 is 5.97 Å². The van der Waals surface area contributed by atoms with Crippen molar-refractivity contribution < 1.29 is 9.90 Å². The molecule has 0 radical (unpaired) electrons. The number of hydrogen-bond donors (Lipinski definition) is 1. The fourth-order valence-electron chi connectivity index (χ4n) is 1.51. The Kier molecular flexibility index (Phi) is 4.16. The van der Waals surface area contributed by atoms with Crippen LogP contribution in [0.1, 0.15) is 21.6 Å². The fraction of sp³-hybridized carbons (Fsp3) is 0.0714. The Balaban J connectivity index is 2.08. The van der Waals surface area contributed by atoms with Crippen LogP contribution in [-0.4, -0.2) is 16.1 Å². The first-order valence-corrected chi connectivity index (χ1v) is 6.49. The number of carbonyl (C=O) groups is 1. The lowest BCUT2D eigenvalue weighted by Crippen LogP contribution is -1.95. The van der Waals surface area contributed by atoms with Crippen molar-refractivity contribution in [3.05, 3.63) is 59.4 Å². The average molecular weight is 270 g/mol. The molecule has 0 amide bonds. The molecule has 1 aromatic carbocycles. The highest BCUT2D eigenvalue weighted by Gasteiger charge is 2.04. The second-order valence-electron chi connectivity index (χ2n) is 3.78. The van der Waals surface area contributed by atoms with E-state index in [1.165, 1.54) is 11.8 Å². The van der Waals surface area contributed by atoms with Gasteiger partial charge in [-0.25, -0.2) is 9.78 Å². The second-order valence-corrected chi connectivity index (χ2v) is 4.83. The van der Waals surface area contributed by atoms with Gasteiger partial charge in [-0.15, -0.1) is 11.8 Å². The van der Waals surface area contributed by atoms with E-state index in [2.05, 4.69) is 4.98 Å². The molecule has 5 heteroatoms. The molecular formula is C14H10N2O2S. The molecule has 0 fully saturated rings. The third-order valence-corrected chi connectivity index (χ3v) is 3.49. The van der Waals surface area contributed by atoms with Gasteiger partial charge in [0.25, 0.3) is 0 Å². The van der Waals surface area contributed by atoms with Crippen LogP contribution < -0.4 is 0 Å². The molecule has 1 heterocycles. The van der Waals surface area contributed by atoms with Crippen LogP contribution in [0.5, 0.6) is 0 Å². The van der Waals surface area contributed by atoms with E-state index in [1.54, 1.807) is 30.5 Å². The van der Waals surface area contributed by atoms with Gasteiger partial charge in [-0.2, -0.15) is 5.26 Å². The number of thioether (sulfide) groups is 1. The van der Waals surface area contributed by atoms with Gasteiger partial charge in [0.05, 0.1) is 5.56 Å². The van der Waals surface area contributed by atoms with Crippen LogP contribution in [0.25, 0.3) is 0 Å². The number of carboxylic acid groups (broad SMARTS) is 1. The SMILES string of the molecule is N#Cc1cc(CSc2cccc(C(=O)O)c2)ccn1. The zero-order valence-corrected chi connectivity index (χ0v) is 10.7. The van der Waals surface area contributed by atoms with Crippen LogP contribution in [0.3, 0.4) is 0 Å². The van der Waals surface area contributed by atoms with E-state index in [0.29, 0.717) is 11.4 Å². The summed E-state index contributed by atoms with van der Waals surface area (Å²) in [6, 6.07) is 12.4. The summed E-state index contributed by atoms with van der Waals surface area (Å²) in [6.07, 6.45) is 1.60. The lowest BCUT2D eigenvalue weighted by atomic mass is 10.2. The Hall–Kier alpha value is -2.32. The summed E-state index contributed by atoms with van der Waals surface area (Å²) < 4.78 is 0. The van der Waals surface area contributed by atoms with Crippen LogP contribution in [-0.2, 0) is 5.75 Å². The number of rotatable bonds is 4. The molecule has 0 aliphatic carbocycles. The molecule has 0 atom stereocenters. The quantitative estimate of drug-likeness (QED) is 0.864. The van der Waals surface area contributed by atoms with E-state index >= 15 is 0 Å². The van der Waals surface area contributed by atoms with Gasteiger partial charge in [0.1, 0.15) is 11.8 Å². The largest absolute Gasteiger partial charge is 0.478 e. The summed E-state index contributed by atoms with van der Waals surface area (Å²) in [7, 11) is 0. The summed E-state index contributed by atoms with van der Waals surface area (Å²) in [6.45, 7) is 0. The number of aromatic carboxylic acids is 1. The third kappa shape index (κ3) is 3.57. The normalized spacial score (nSPS) is 9.84. The van der Waals surface area contributed by atoms with Crippen LogP contribution in [0.4, 0.5) is 0 Å². The lowest BCUT2D eigenvalue weighted by molar-refractivity contribution is 0.0696. The topological polar surface area (TPSA) is 74.0 Å². The van der Waals surface area contributed by atoms with Crippen molar-refractivity contribution >= 4 is 17.7 Å². The van der Waals surface area contributed by atoms with Gasteiger partial charge in [0, 0.05) is 16.8 Å². The summed E-state index contributed by atoms with van der Waals surface area (Å²) in [5.74, 6) is -0.265. The lowest BCUT2D eigenvalue weighted by Gasteiger charge is -2.03. The van der Waals surface area contributed by atoms with Crippen molar-refractivity contribution in [2.75, 3.05) is 0 Å². The molecule has 1 aromatic heterocycles. The Morgan fingerprint density at radius 2 is 2.21 bits per heavy atom. The Morgan fingerprint density at radius 3 is 2.95 bits per heavy atom. The number of aromatic nitrogens is 1. The predicted octanol–water partition coefficient (Wildman–Crippen LogP) is 2.94. The Labute approximate surface area is 114 Å². The minimum absolute atomic E-state index is 0.275. The summed E-state index contributed by atoms with van der Waals surface area (Å²) in [5.41, 5.74) is 1.65. The van der Waals surface area contributed by atoms with Crippen molar-refractivity contribution in [2.45, 2.75) is 10.6 Å². The van der Waals surface area contributed by atoms with E-state index in [0.717, 1.165) is 10.5 Å². The van der Waals surface area contributed by atoms with E-state index in [4.69, 9.17) is 10.4 Å². The summed E-state index contributed by atoms with van der Waals surface area (Å²) in [5, 5.41) is 17.7. The molecule has 2 aromatic rings. The maximum atomic E-state index is 10.9. The molecule has 0 saturated carbocycles. The number of nitriles is 1. The van der Waals surface area contributed by atoms with E-state index in [-0.39, 0.29) is 5.56 Å². The van der Waals surface area contributed by atoms with E-state index in [9.17, 15) is 4.79 Å². The van der Waals surface area contributed by atoms with Crippen molar-refractivity contribution in [2.24, 2.45) is 0 Å². The van der Waals surface area contributed by atoms with Crippen molar-refractivity contribution in [3.63, 3.8) is 0 Å². The first-order chi connectivity index (χ1) is 9.19. The van der Waals surface area contributed by atoms with Gasteiger partial charge in [-0.05, 0) is 35.9 Å². The Bertz CT molecular complexity index is 650. The second kappa shape index (κ2) is 6.03. The molecule has 19 heavy (non-hydrogen) atoms. The molecular weight excluding hydrogens is 260 g/mol. The number of benzene rings is 1. The summed E-state index contributed by atoms with van der Waals surface area (Å²) in [4.78, 5) is 15.6. The number of nitrogens with zero attached hydrogens (tertiary/aromatic N) is 2. The number of carboxylic acids is 1. The van der Waals surface area contributed by atoms with Crippen LogP contribution in [0, 0.1) is 11.3 Å². The molecule has 1 N–H and O–H groups in total. The van der Waals surface area contributed by atoms with Crippen molar-refractivity contribution in [1.82, 2.24) is 4.98 Å². The molecule has 0 unspecified atom stereocenters. The highest BCUT2D eigenvalue weighted by atomic mass is 32.2. The standard InChI is InChI=1S/C14H10N2O2S/c15-8-12-6-10(4-5-16-12)9-19-13-3-1-2-11(7-13)14(17)18/h1-7H,9H2,(H,17,18). The average Bonchev–Trinajstić information content (AvgIpc) is 2.45. The zero-order chi connectivity index (χ0) is 13.7. The molecule has 2 rings (SSSR count). The van der Waals surface area contributed by atoms with Gasteiger partial charge >= 0.3 is 5.97 Å². The van der Waals surface area contributed by atoms with Gasteiger partial charge < -0.3 is 5.11 Å². The minimum atomic E-state index is -0.932. The highest BCUT2D eigenvalue weighted by Crippen LogP contribution is 2.23. The van der Waals surface area contributed by atoms with E-state index in [1.807, 2.05) is 18.2 Å². The van der Waals surface area contributed by atoms with Crippen LogP contribution >= 0.6 is 11.8 Å². The van der Waals surface area contributed by atoms with Crippen molar-refractivity contribution in [3.8, 4) is 6.07 Å². The Morgan fingerprint density at radius 1 is 1.37 bits per heavy atom. The number of pyridine rings is 1. The first-order valence-electron chi connectivity index (χ1n) is 5.50. The van der Waals surface area contributed by atoms with Gasteiger partial charge in [0.15, 0.2) is 0 Å². The zero-order valence-electron chi connectivity index (χ0n) is 9.91. The molecule has 94 valence electrons. The third-order valence-electron chi connectivity index (χ3n) is 2.43. The molecule has 0 bridgehead atoms. The first kappa shape index (κ1) is 13.1. The number of hydrogen-bond acceptors (Lipinski definition) is 4. The van der Waals surface area contributed by atoms with Crippen molar-refractivity contribution in [1.29, 1.82) is 5.26 Å². The maximum Gasteiger partial charge on any atom is 0.335 e. The summed E-state index contributed by atoms with van der Waals surface area (Å²) >= 11 is 1.52. The fourth-order valence-corrected chi connectivity index (χ4v) is 2.41. The predicted molar refractivity (Wildman–Crippen MR) is 71.9 cm³/mol.